The number of hydrogen-bond donors (Lipinski definition) is 2. The third kappa shape index (κ3) is 7.25. The Morgan fingerprint density at radius 1 is 1.09 bits per heavy atom. The molecule has 0 saturated heterocycles. The maximum absolute atomic E-state index is 11.5. The summed E-state index contributed by atoms with van der Waals surface area (Å²) in [6, 6.07) is 11.9. The van der Waals surface area contributed by atoms with E-state index < -0.39 is 12.0 Å². The molecular formula is C26H34N2O4S. The Balaban J connectivity index is 1.50. The summed E-state index contributed by atoms with van der Waals surface area (Å²) in [5, 5.41) is 0. The number of ether oxygens (including phenoxy) is 3. The van der Waals surface area contributed by atoms with Crippen LogP contribution in [0.1, 0.15) is 35.1 Å². The van der Waals surface area contributed by atoms with Crippen LogP contribution >= 0.6 is 11.8 Å². The molecule has 33 heavy (non-hydrogen) atoms. The molecule has 178 valence electrons. The molecule has 1 atom stereocenters. The van der Waals surface area contributed by atoms with E-state index in [1.807, 2.05) is 12.1 Å². The minimum Gasteiger partial charge on any atom is -0.497 e. The number of nitrogens with two attached hydrogens (primary N) is 2. The van der Waals surface area contributed by atoms with Crippen molar-refractivity contribution in [1.29, 1.82) is 0 Å². The maximum Gasteiger partial charge on any atom is 0.324 e. The number of hydrogen-bond acceptors (Lipinski definition) is 7. The lowest BCUT2D eigenvalue weighted by molar-refractivity contribution is -0.144. The predicted molar refractivity (Wildman–Crippen MR) is 136 cm³/mol. The molecule has 7 heteroatoms. The largest absolute Gasteiger partial charge is 0.497 e. The van der Waals surface area contributed by atoms with E-state index in [1.165, 1.54) is 27.8 Å². The maximum atomic E-state index is 11.5. The molecule has 1 unspecified atom stereocenters. The SMILES string of the molecule is COc1ccc(C2=Cc3ccc(OCCSCCOC(=O)C(N)CN)cc3CCC2)c(C)c1. The average Bonchev–Trinajstić information content (AvgIpc) is 3.04. The minimum atomic E-state index is -0.738. The minimum absolute atomic E-state index is 0.0961. The van der Waals surface area contributed by atoms with Gasteiger partial charge in [0.1, 0.15) is 24.1 Å². The molecule has 0 heterocycles. The first kappa shape index (κ1) is 25.1. The molecule has 3 rings (SSSR count). The number of fused-ring (bicyclic) bond motifs is 1. The number of carbonyl (C=O) groups excluding carboxylic acids is 1. The van der Waals surface area contributed by atoms with Crippen LogP contribution in [-0.2, 0) is 16.0 Å². The molecule has 1 aliphatic rings. The van der Waals surface area contributed by atoms with Crippen LogP contribution in [-0.4, -0.2) is 50.4 Å². The fourth-order valence-corrected chi connectivity index (χ4v) is 4.43. The highest BCUT2D eigenvalue weighted by Gasteiger charge is 2.14. The van der Waals surface area contributed by atoms with Crippen LogP contribution in [0.3, 0.4) is 0 Å². The van der Waals surface area contributed by atoms with Crippen molar-refractivity contribution in [3.05, 3.63) is 58.7 Å². The van der Waals surface area contributed by atoms with E-state index in [0.29, 0.717) is 19.0 Å². The van der Waals surface area contributed by atoms with Gasteiger partial charge in [-0.25, -0.2) is 0 Å². The van der Waals surface area contributed by atoms with E-state index in [4.69, 9.17) is 25.7 Å². The van der Waals surface area contributed by atoms with Crippen molar-refractivity contribution >= 4 is 29.4 Å². The number of allylic oxidation sites excluding steroid dienone is 1. The standard InChI is InChI=1S/C26H34N2O4S/c1-18-14-22(30-2)8-9-24(18)21-5-3-4-19-16-23(7-6-20(19)15-21)31-10-12-33-13-11-32-26(29)25(28)17-27/h6-9,14-16,25H,3-5,10-13,17,27-28H2,1-2H3. The zero-order valence-electron chi connectivity index (χ0n) is 19.5. The second kappa shape index (κ2) is 12.7. The van der Waals surface area contributed by atoms with Crippen LogP contribution in [0.25, 0.3) is 11.6 Å². The van der Waals surface area contributed by atoms with Gasteiger partial charge in [-0.3, -0.25) is 4.79 Å². The quantitative estimate of drug-likeness (QED) is 0.381. The van der Waals surface area contributed by atoms with E-state index in [0.717, 1.165) is 36.5 Å². The van der Waals surface area contributed by atoms with Crippen molar-refractivity contribution in [2.24, 2.45) is 11.5 Å². The smallest absolute Gasteiger partial charge is 0.324 e. The highest BCUT2D eigenvalue weighted by molar-refractivity contribution is 7.99. The number of carbonyl (C=O) groups is 1. The summed E-state index contributed by atoms with van der Waals surface area (Å²) in [5.41, 5.74) is 17.3. The van der Waals surface area contributed by atoms with Gasteiger partial charge in [-0.1, -0.05) is 18.2 Å². The average molecular weight is 471 g/mol. The van der Waals surface area contributed by atoms with Crippen molar-refractivity contribution in [3.63, 3.8) is 0 Å². The summed E-state index contributed by atoms with van der Waals surface area (Å²) in [4.78, 5) is 11.5. The van der Waals surface area contributed by atoms with Gasteiger partial charge in [0, 0.05) is 18.1 Å². The van der Waals surface area contributed by atoms with Crippen LogP contribution in [0, 0.1) is 6.92 Å². The van der Waals surface area contributed by atoms with Gasteiger partial charge < -0.3 is 25.7 Å². The zero-order valence-corrected chi connectivity index (χ0v) is 20.3. The molecule has 2 aromatic carbocycles. The van der Waals surface area contributed by atoms with E-state index in [1.54, 1.807) is 18.9 Å². The zero-order chi connectivity index (χ0) is 23.6. The van der Waals surface area contributed by atoms with Crippen molar-refractivity contribution in [2.45, 2.75) is 32.2 Å². The van der Waals surface area contributed by atoms with Crippen molar-refractivity contribution in [2.75, 3.05) is 38.4 Å². The number of benzene rings is 2. The van der Waals surface area contributed by atoms with Crippen LogP contribution in [0.2, 0.25) is 0 Å². The number of thioether (sulfide) groups is 1. The summed E-state index contributed by atoms with van der Waals surface area (Å²) in [6.07, 6.45) is 5.51. The van der Waals surface area contributed by atoms with Crippen LogP contribution < -0.4 is 20.9 Å². The van der Waals surface area contributed by atoms with Crippen LogP contribution in [0.4, 0.5) is 0 Å². The molecular weight excluding hydrogens is 436 g/mol. The van der Waals surface area contributed by atoms with Gasteiger partial charge in [-0.2, -0.15) is 11.8 Å². The molecule has 0 bridgehead atoms. The Labute approximate surface area is 200 Å². The van der Waals surface area contributed by atoms with E-state index in [2.05, 4.69) is 37.3 Å². The third-order valence-electron chi connectivity index (χ3n) is 5.64. The lowest BCUT2D eigenvalue weighted by Gasteiger charge is -2.11. The normalized spacial score (nSPS) is 14.0. The first-order chi connectivity index (χ1) is 16.0. The molecule has 0 fully saturated rings. The van der Waals surface area contributed by atoms with E-state index >= 15 is 0 Å². The molecule has 1 aliphatic carbocycles. The Hall–Kier alpha value is -2.48. The van der Waals surface area contributed by atoms with Gasteiger partial charge in [0.25, 0.3) is 0 Å². The number of methoxy groups -OCH3 is 1. The molecule has 0 spiro atoms. The van der Waals surface area contributed by atoms with Crippen molar-refractivity contribution in [1.82, 2.24) is 0 Å². The second-order valence-corrected chi connectivity index (χ2v) is 9.26. The highest BCUT2D eigenvalue weighted by Crippen LogP contribution is 2.33. The second-order valence-electron chi connectivity index (χ2n) is 8.04. The number of rotatable bonds is 11. The number of aryl methyl sites for hydroxylation is 2. The molecule has 0 aliphatic heterocycles. The van der Waals surface area contributed by atoms with Gasteiger partial charge in [0.15, 0.2) is 0 Å². The topological polar surface area (TPSA) is 96.8 Å². The number of esters is 1. The molecule has 0 radical (unpaired) electrons. The first-order valence-corrected chi connectivity index (χ1v) is 12.5. The summed E-state index contributed by atoms with van der Waals surface area (Å²) >= 11 is 1.67. The molecule has 2 aromatic rings. The van der Waals surface area contributed by atoms with Gasteiger partial charge >= 0.3 is 5.97 Å². The van der Waals surface area contributed by atoms with Crippen molar-refractivity contribution in [3.8, 4) is 11.5 Å². The van der Waals surface area contributed by atoms with E-state index in [-0.39, 0.29) is 6.54 Å². The summed E-state index contributed by atoms with van der Waals surface area (Å²) in [6.45, 7) is 3.17. The van der Waals surface area contributed by atoms with E-state index in [9.17, 15) is 4.79 Å². The Morgan fingerprint density at radius 2 is 1.88 bits per heavy atom. The predicted octanol–water partition coefficient (Wildman–Crippen LogP) is 3.82. The lowest BCUT2D eigenvalue weighted by Crippen LogP contribution is -2.39. The highest BCUT2D eigenvalue weighted by atomic mass is 32.2. The van der Waals surface area contributed by atoms with Gasteiger partial charge in [0.2, 0.25) is 0 Å². The molecule has 6 nitrogen and oxygen atoms in total. The Kier molecular flexibility index (Phi) is 9.66. The molecule has 4 N–H and O–H groups in total. The summed E-state index contributed by atoms with van der Waals surface area (Å²) in [5.74, 6) is 2.86. The fourth-order valence-electron chi connectivity index (χ4n) is 3.82. The molecule has 0 aromatic heterocycles. The summed E-state index contributed by atoms with van der Waals surface area (Å²) < 4.78 is 16.4. The fraction of sp³-hybridized carbons (Fsp3) is 0.423. The molecule has 0 saturated carbocycles. The lowest BCUT2D eigenvalue weighted by atomic mass is 9.96. The van der Waals surface area contributed by atoms with Crippen LogP contribution in [0.5, 0.6) is 11.5 Å². The first-order valence-electron chi connectivity index (χ1n) is 11.3. The van der Waals surface area contributed by atoms with Crippen LogP contribution in [0.15, 0.2) is 36.4 Å². The van der Waals surface area contributed by atoms with Gasteiger partial charge in [-0.05, 0) is 78.3 Å². The third-order valence-corrected chi connectivity index (χ3v) is 6.55. The summed E-state index contributed by atoms with van der Waals surface area (Å²) in [7, 11) is 1.70. The Morgan fingerprint density at radius 3 is 2.64 bits per heavy atom. The molecule has 0 amide bonds. The monoisotopic (exact) mass is 470 g/mol. The van der Waals surface area contributed by atoms with Gasteiger partial charge in [0.05, 0.1) is 13.7 Å². The van der Waals surface area contributed by atoms with Crippen molar-refractivity contribution < 1.29 is 19.0 Å². The Bertz CT molecular complexity index is 977. The van der Waals surface area contributed by atoms with Gasteiger partial charge in [-0.15, -0.1) is 0 Å².